The summed E-state index contributed by atoms with van der Waals surface area (Å²) in [6, 6.07) is 6.47. The molecule has 0 saturated carbocycles. The van der Waals surface area contributed by atoms with Crippen molar-refractivity contribution in [1.29, 1.82) is 0 Å². The molecule has 1 rings (SSSR count). The topological polar surface area (TPSA) is 26.0 Å². The molecule has 0 fully saturated rings. The van der Waals surface area contributed by atoms with Crippen molar-refractivity contribution in [2.75, 3.05) is 6.54 Å². The molecule has 0 aliphatic heterocycles. The molecular formula is C9H10FN. The van der Waals surface area contributed by atoms with Crippen molar-refractivity contribution in [1.82, 2.24) is 0 Å². The molecule has 0 unspecified atom stereocenters. The highest BCUT2D eigenvalue weighted by Gasteiger charge is 2.01. The van der Waals surface area contributed by atoms with E-state index in [1.807, 2.05) is 0 Å². The van der Waals surface area contributed by atoms with E-state index in [0.717, 1.165) is 0 Å². The molecule has 0 aliphatic rings. The van der Waals surface area contributed by atoms with Crippen LogP contribution in [0.4, 0.5) is 4.39 Å². The number of rotatable bonds is 2. The molecule has 0 saturated heterocycles. The molecular weight excluding hydrogens is 141 g/mol. The molecule has 1 nitrogen and oxygen atoms in total. The summed E-state index contributed by atoms with van der Waals surface area (Å²) in [7, 11) is 0. The van der Waals surface area contributed by atoms with E-state index in [9.17, 15) is 4.39 Å². The lowest BCUT2D eigenvalue weighted by atomic mass is 10.1. The Morgan fingerprint density at radius 2 is 2.09 bits per heavy atom. The molecule has 1 aromatic rings. The maximum atomic E-state index is 12.9. The van der Waals surface area contributed by atoms with Crippen LogP contribution in [0.3, 0.4) is 0 Å². The van der Waals surface area contributed by atoms with Gasteiger partial charge in [0.2, 0.25) is 0 Å². The molecule has 0 atom stereocenters. The first-order valence-electron chi connectivity index (χ1n) is 3.38. The number of benzene rings is 1. The Labute approximate surface area is 65.3 Å². The first-order valence-corrected chi connectivity index (χ1v) is 3.38. The van der Waals surface area contributed by atoms with Gasteiger partial charge < -0.3 is 5.73 Å². The second-order valence-corrected chi connectivity index (χ2v) is 2.29. The second kappa shape index (κ2) is 3.30. The van der Waals surface area contributed by atoms with E-state index in [-0.39, 0.29) is 5.82 Å². The summed E-state index contributed by atoms with van der Waals surface area (Å²) < 4.78 is 12.9. The predicted octanol–water partition coefficient (Wildman–Crippen LogP) is 1.80. The SMILES string of the molecule is C=C(CN)c1ccccc1F. The third kappa shape index (κ3) is 1.65. The summed E-state index contributed by atoms with van der Waals surface area (Å²) in [5.41, 5.74) is 6.44. The minimum absolute atomic E-state index is 0.261. The summed E-state index contributed by atoms with van der Waals surface area (Å²) in [5.74, 6) is -0.261. The van der Waals surface area contributed by atoms with Crippen LogP contribution in [-0.4, -0.2) is 6.54 Å². The summed E-state index contributed by atoms with van der Waals surface area (Å²) in [6.07, 6.45) is 0. The van der Waals surface area contributed by atoms with Crippen molar-refractivity contribution in [3.63, 3.8) is 0 Å². The lowest BCUT2D eigenvalue weighted by Gasteiger charge is -2.02. The quantitative estimate of drug-likeness (QED) is 0.685. The minimum Gasteiger partial charge on any atom is -0.326 e. The minimum atomic E-state index is -0.261. The highest BCUT2D eigenvalue weighted by molar-refractivity contribution is 5.64. The Morgan fingerprint density at radius 1 is 1.45 bits per heavy atom. The van der Waals surface area contributed by atoms with Crippen LogP contribution < -0.4 is 5.73 Å². The Bertz CT molecular complexity index is 268. The van der Waals surface area contributed by atoms with Gasteiger partial charge in [-0.05, 0) is 11.6 Å². The number of halogens is 1. The summed E-state index contributed by atoms with van der Waals surface area (Å²) in [4.78, 5) is 0. The van der Waals surface area contributed by atoms with Gasteiger partial charge in [0, 0.05) is 12.1 Å². The number of hydrogen-bond donors (Lipinski definition) is 1. The Hall–Kier alpha value is -1.15. The van der Waals surface area contributed by atoms with E-state index in [1.165, 1.54) is 6.07 Å². The van der Waals surface area contributed by atoms with Crippen LogP contribution in [0, 0.1) is 5.82 Å². The van der Waals surface area contributed by atoms with Crippen LogP contribution in [-0.2, 0) is 0 Å². The Kier molecular flexibility index (Phi) is 2.39. The molecule has 0 spiro atoms. The van der Waals surface area contributed by atoms with Crippen LogP contribution in [0.2, 0.25) is 0 Å². The van der Waals surface area contributed by atoms with Crippen molar-refractivity contribution in [2.24, 2.45) is 5.73 Å². The first kappa shape index (κ1) is 7.95. The van der Waals surface area contributed by atoms with Gasteiger partial charge in [-0.2, -0.15) is 0 Å². The molecule has 0 aliphatic carbocycles. The third-order valence-electron chi connectivity index (χ3n) is 1.50. The van der Waals surface area contributed by atoms with Gasteiger partial charge in [0.05, 0.1) is 0 Å². The third-order valence-corrected chi connectivity index (χ3v) is 1.50. The predicted molar refractivity (Wildman–Crippen MR) is 44.5 cm³/mol. The van der Waals surface area contributed by atoms with Crippen LogP contribution in [0.1, 0.15) is 5.56 Å². The average molecular weight is 151 g/mol. The zero-order valence-electron chi connectivity index (χ0n) is 6.18. The standard InChI is InChI=1S/C9H10FN/c1-7(6-11)8-4-2-3-5-9(8)10/h2-5H,1,6,11H2. The van der Waals surface area contributed by atoms with Crippen molar-refractivity contribution < 1.29 is 4.39 Å². The van der Waals surface area contributed by atoms with Crippen molar-refractivity contribution in [2.45, 2.75) is 0 Å². The van der Waals surface area contributed by atoms with Gasteiger partial charge in [0.15, 0.2) is 0 Å². The van der Waals surface area contributed by atoms with Crippen LogP contribution >= 0.6 is 0 Å². The fourth-order valence-electron chi connectivity index (χ4n) is 0.858. The molecule has 2 N–H and O–H groups in total. The van der Waals surface area contributed by atoms with Gasteiger partial charge >= 0.3 is 0 Å². The zero-order valence-corrected chi connectivity index (χ0v) is 6.18. The highest BCUT2D eigenvalue weighted by atomic mass is 19.1. The van der Waals surface area contributed by atoms with Crippen molar-refractivity contribution in [3.05, 3.63) is 42.2 Å². The van der Waals surface area contributed by atoms with E-state index in [4.69, 9.17) is 5.73 Å². The molecule has 0 heterocycles. The molecule has 11 heavy (non-hydrogen) atoms. The summed E-state index contributed by atoms with van der Waals surface area (Å²) in [5, 5.41) is 0. The molecule has 0 amide bonds. The molecule has 58 valence electrons. The van der Waals surface area contributed by atoms with Crippen molar-refractivity contribution >= 4 is 5.57 Å². The molecule has 0 aromatic heterocycles. The van der Waals surface area contributed by atoms with Crippen molar-refractivity contribution in [3.8, 4) is 0 Å². The van der Waals surface area contributed by atoms with Crippen LogP contribution in [0.5, 0.6) is 0 Å². The van der Waals surface area contributed by atoms with E-state index >= 15 is 0 Å². The fourth-order valence-corrected chi connectivity index (χ4v) is 0.858. The van der Waals surface area contributed by atoms with Crippen LogP contribution in [0.25, 0.3) is 5.57 Å². The average Bonchev–Trinajstić information content (AvgIpc) is 2.04. The van der Waals surface area contributed by atoms with Gasteiger partial charge in [-0.25, -0.2) is 4.39 Å². The number of hydrogen-bond acceptors (Lipinski definition) is 1. The second-order valence-electron chi connectivity index (χ2n) is 2.29. The van der Waals surface area contributed by atoms with Gasteiger partial charge in [-0.1, -0.05) is 24.8 Å². The molecule has 1 aromatic carbocycles. The first-order chi connectivity index (χ1) is 5.25. The lowest BCUT2D eigenvalue weighted by Crippen LogP contribution is -2.02. The molecule has 2 heteroatoms. The van der Waals surface area contributed by atoms with Gasteiger partial charge in [0.25, 0.3) is 0 Å². The maximum absolute atomic E-state index is 12.9. The van der Waals surface area contributed by atoms with Gasteiger partial charge in [-0.15, -0.1) is 0 Å². The van der Waals surface area contributed by atoms with E-state index in [0.29, 0.717) is 17.7 Å². The van der Waals surface area contributed by atoms with Gasteiger partial charge in [0.1, 0.15) is 5.82 Å². The maximum Gasteiger partial charge on any atom is 0.130 e. The lowest BCUT2D eigenvalue weighted by molar-refractivity contribution is 0.623. The van der Waals surface area contributed by atoms with Crippen LogP contribution in [0.15, 0.2) is 30.8 Å². The smallest absolute Gasteiger partial charge is 0.130 e. The van der Waals surface area contributed by atoms with Gasteiger partial charge in [-0.3, -0.25) is 0 Å². The Morgan fingerprint density at radius 3 is 2.64 bits per heavy atom. The summed E-state index contributed by atoms with van der Waals surface area (Å²) in [6.45, 7) is 3.93. The van der Waals surface area contributed by atoms with E-state index in [1.54, 1.807) is 18.2 Å². The summed E-state index contributed by atoms with van der Waals surface area (Å²) >= 11 is 0. The molecule has 0 bridgehead atoms. The zero-order chi connectivity index (χ0) is 8.27. The monoisotopic (exact) mass is 151 g/mol. The molecule has 0 radical (unpaired) electrons. The largest absolute Gasteiger partial charge is 0.326 e. The highest BCUT2D eigenvalue weighted by Crippen LogP contribution is 2.14. The normalized spacial score (nSPS) is 9.64. The Balaban J connectivity index is 3.03. The fraction of sp³-hybridized carbons (Fsp3) is 0.111. The van der Waals surface area contributed by atoms with E-state index in [2.05, 4.69) is 6.58 Å². The number of nitrogens with two attached hydrogens (primary N) is 1. The van der Waals surface area contributed by atoms with E-state index < -0.39 is 0 Å².